The molecule has 2 heteroatoms. The summed E-state index contributed by atoms with van der Waals surface area (Å²) in [5.41, 5.74) is 0.503. The van der Waals surface area contributed by atoms with Crippen molar-refractivity contribution in [1.82, 2.24) is 0 Å². The molecule has 15 heavy (non-hydrogen) atoms. The Kier molecular flexibility index (Phi) is 5.38. The lowest BCUT2D eigenvalue weighted by molar-refractivity contribution is 0.379. The highest BCUT2D eigenvalue weighted by Crippen LogP contribution is 2.38. The van der Waals surface area contributed by atoms with E-state index in [9.17, 15) is 0 Å². The van der Waals surface area contributed by atoms with Crippen molar-refractivity contribution in [3.05, 3.63) is 0 Å². The molecule has 1 fully saturated rings. The van der Waals surface area contributed by atoms with Gasteiger partial charge in [-0.3, -0.25) is 0 Å². The minimum absolute atomic E-state index is 0.503. The first-order valence-electron chi connectivity index (χ1n) is 6.10. The molecule has 0 spiro atoms. The Bertz CT molecular complexity index is 173. The molecule has 0 amide bonds. The van der Waals surface area contributed by atoms with E-state index < -0.39 is 0 Å². The third kappa shape index (κ3) is 6.11. The molecule has 90 valence electrons. The van der Waals surface area contributed by atoms with Crippen LogP contribution in [0.25, 0.3) is 0 Å². The Morgan fingerprint density at radius 1 is 1.07 bits per heavy atom. The van der Waals surface area contributed by atoms with Gasteiger partial charge < -0.3 is 0 Å². The summed E-state index contributed by atoms with van der Waals surface area (Å²) in [5, 5.41) is 1.82. The lowest BCUT2D eigenvalue weighted by Crippen LogP contribution is -2.26. The summed E-state index contributed by atoms with van der Waals surface area (Å²) in [4.78, 5) is 0. The van der Waals surface area contributed by atoms with Crippen molar-refractivity contribution in [3.63, 3.8) is 0 Å². The topological polar surface area (TPSA) is 0 Å². The molecule has 0 saturated carbocycles. The van der Waals surface area contributed by atoms with Gasteiger partial charge in [-0.1, -0.05) is 34.6 Å². The van der Waals surface area contributed by atoms with E-state index in [1.54, 1.807) is 0 Å². The predicted octanol–water partition coefficient (Wildman–Crippen LogP) is 4.69. The monoisotopic (exact) mass is 246 g/mol. The summed E-state index contributed by atoms with van der Waals surface area (Å²) in [7, 11) is 0. The maximum Gasteiger partial charge on any atom is 0.0143 e. The van der Waals surface area contributed by atoms with Crippen LogP contribution in [0.3, 0.4) is 0 Å². The molecule has 2 atom stereocenters. The summed E-state index contributed by atoms with van der Waals surface area (Å²) < 4.78 is 0. The summed E-state index contributed by atoms with van der Waals surface area (Å²) in [6.45, 7) is 11.8. The maximum absolute atomic E-state index is 2.36. The normalized spacial score (nSPS) is 28.4. The van der Waals surface area contributed by atoms with Crippen molar-refractivity contribution < 1.29 is 0 Å². The molecule has 2 unspecified atom stereocenters. The van der Waals surface area contributed by atoms with Crippen LogP contribution in [0.5, 0.6) is 0 Å². The molecule has 1 aliphatic heterocycles. The van der Waals surface area contributed by atoms with E-state index in [0.717, 1.165) is 16.4 Å². The van der Waals surface area contributed by atoms with E-state index in [1.165, 1.54) is 24.3 Å². The Balaban J connectivity index is 2.24. The van der Waals surface area contributed by atoms with Gasteiger partial charge in [-0.05, 0) is 24.2 Å². The molecule has 0 aromatic carbocycles. The van der Waals surface area contributed by atoms with Crippen LogP contribution in [0.2, 0.25) is 0 Å². The van der Waals surface area contributed by atoms with Gasteiger partial charge in [0.1, 0.15) is 0 Å². The quantitative estimate of drug-likeness (QED) is 0.709. The molecule has 1 rings (SSSR count). The van der Waals surface area contributed by atoms with Gasteiger partial charge in [0.15, 0.2) is 0 Å². The molecule has 1 saturated heterocycles. The van der Waals surface area contributed by atoms with Crippen LogP contribution in [0.1, 0.15) is 47.5 Å². The van der Waals surface area contributed by atoms with Crippen LogP contribution < -0.4 is 0 Å². The van der Waals surface area contributed by atoms with Crippen LogP contribution in [0.15, 0.2) is 0 Å². The fourth-order valence-corrected chi connectivity index (χ4v) is 5.65. The van der Waals surface area contributed by atoms with Crippen molar-refractivity contribution in [2.45, 2.75) is 58.0 Å². The molecule has 0 radical (unpaired) electrons. The molecule has 0 aliphatic carbocycles. The van der Waals surface area contributed by atoms with Crippen molar-refractivity contribution in [2.24, 2.45) is 11.3 Å². The smallest absolute Gasteiger partial charge is 0.0143 e. The van der Waals surface area contributed by atoms with Gasteiger partial charge in [0, 0.05) is 22.0 Å². The summed E-state index contributed by atoms with van der Waals surface area (Å²) in [5.74, 6) is 3.62. The molecular formula is C13H26S2. The van der Waals surface area contributed by atoms with Gasteiger partial charge in [-0.15, -0.1) is 0 Å². The second-order valence-electron chi connectivity index (χ2n) is 6.31. The second kappa shape index (κ2) is 5.86. The largest absolute Gasteiger partial charge is 0.157 e. The van der Waals surface area contributed by atoms with Gasteiger partial charge in [-0.2, -0.15) is 23.5 Å². The summed E-state index contributed by atoms with van der Waals surface area (Å²) >= 11 is 4.44. The lowest BCUT2D eigenvalue weighted by atomic mass is 9.91. The first-order chi connectivity index (χ1) is 6.87. The van der Waals surface area contributed by atoms with Crippen LogP contribution in [0, 0.1) is 11.3 Å². The minimum atomic E-state index is 0.503. The maximum atomic E-state index is 2.36. The van der Waals surface area contributed by atoms with E-state index >= 15 is 0 Å². The average molecular weight is 246 g/mol. The van der Waals surface area contributed by atoms with Crippen LogP contribution in [-0.2, 0) is 0 Å². The average Bonchev–Trinajstić information content (AvgIpc) is 2.05. The molecule has 1 aliphatic rings. The summed E-state index contributed by atoms with van der Waals surface area (Å²) in [6, 6.07) is 0. The van der Waals surface area contributed by atoms with E-state index in [-0.39, 0.29) is 0 Å². The number of hydrogen-bond donors (Lipinski definition) is 0. The Morgan fingerprint density at radius 3 is 2.00 bits per heavy atom. The fraction of sp³-hybridized carbons (Fsp3) is 1.00. The standard InChI is InChI=1S/C13H26S2/c1-10(2)6-11-8-15-12(9-14-11)7-13(3,4)5/h10-12H,6-9H2,1-5H3. The summed E-state index contributed by atoms with van der Waals surface area (Å²) in [6.07, 6.45) is 2.78. The first kappa shape index (κ1) is 13.8. The van der Waals surface area contributed by atoms with Gasteiger partial charge in [0.25, 0.3) is 0 Å². The van der Waals surface area contributed by atoms with E-state index in [1.807, 2.05) is 0 Å². The highest BCUT2D eigenvalue weighted by molar-refractivity contribution is 8.07. The fourth-order valence-electron chi connectivity index (χ4n) is 2.05. The van der Waals surface area contributed by atoms with Crippen LogP contribution >= 0.6 is 23.5 Å². The van der Waals surface area contributed by atoms with Crippen LogP contribution in [-0.4, -0.2) is 22.0 Å². The molecule has 0 aromatic heterocycles. The highest BCUT2D eigenvalue weighted by atomic mass is 32.2. The zero-order valence-corrected chi connectivity index (χ0v) is 12.5. The number of thioether (sulfide) groups is 2. The second-order valence-corrected chi connectivity index (χ2v) is 8.97. The minimum Gasteiger partial charge on any atom is -0.157 e. The third-order valence-corrected chi connectivity index (χ3v) is 5.86. The Morgan fingerprint density at radius 2 is 1.60 bits per heavy atom. The SMILES string of the molecule is CC(C)CC1CSC(CC(C)(C)C)CS1. The highest BCUT2D eigenvalue weighted by Gasteiger charge is 2.26. The number of rotatable bonds is 3. The van der Waals surface area contributed by atoms with Crippen molar-refractivity contribution in [2.75, 3.05) is 11.5 Å². The molecule has 0 aromatic rings. The molecular weight excluding hydrogens is 220 g/mol. The third-order valence-electron chi connectivity index (χ3n) is 2.61. The van der Waals surface area contributed by atoms with E-state index in [4.69, 9.17) is 0 Å². The Labute approximate surface area is 104 Å². The van der Waals surface area contributed by atoms with Gasteiger partial charge in [-0.25, -0.2) is 0 Å². The van der Waals surface area contributed by atoms with Gasteiger partial charge >= 0.3 is 0 Å². The molecule has 0 nitrogen and oxygen atoms in total. The van der Waals surface area contributed by atoms with Gasteiger partial charge in [0.2, 0.25) is 0 Å². The number of hydrogen-bond acceptors (Lipinski definition) is 2. The van der Waals surface area contributed by atoms with E-state index in [0.29, 0.717) is 5.41 Å². The van der Waals surface area contributed by atoms with Gasteiger partial charge in [0.05, 0.1) is 0 Å². The molecule has 0 bridgehead atoms. The van der Waals surface area contributed by atoms with Crippen LogP contribution in [0.4, 0.5) is 0 Å². The zero-order chi connectivity index (χ0) is 11.5. The predicted molar refractivity (Wildman–Crippen MR) is 76.0 cm³/mol. The van der Waals surface area contributed by atoms with Crippen molar-refractivity contribution >= 4 is 23.5 Å². The molecule has 1 heterocycles. The Hall–Kier alpha value is 0.700. The van der Waals surface area contributed by atoms with E-state index in [2.05, 4.69) is 58.1 Å². The van der Waals surface area contributed by atoms with Crippen molar-refractivity contribution in [1.29, 1.82) is 0 Å². The van der Waals surface area contributed by atoms with Crippen molar-refractivity contribution in [3.8, 4) is 0 Å². The zero-order valence-electron chi connectivity index (χ0n) is 10.9. The molecule has 0 N–H and O–H groups in total. The lowest BCUT2D eigenvalue weighted by Gasteiger charge is -2.32. The first-order valence-corrected chi connectivity index (χ1v) is 8.20.